The van der Waals surface area contributed by atoms with E-state index in [2.05, 4.69) is 5.32 Å². The maximum atomic E-state index is 12.0. The normalized spacial score (nSPS) is 10.6. The largest absolute Gasteiger partial charge is 0.426 e. The summed E-state index contributed by atoms with van der Waals surface area (Å²) in [6, 6.07) is 12.9. The number of rotatable bonds is 5. The van der Waals surface area contributed by atoms with Gasteiger partial charge in [0.2, 0.25) is 0 Å². The first-order valence-electron chi connectivity index (χ1n) is 8.22. The van der Waals surface area contributed by atoms with E-state index < -0.39 is 11.6 Å². The monoisotopic (exact) mass is 385 g/mol. The summed E-state index contributed by atoms with van der Waals surface area (Å²) < 4.78 is 10.4. The first-order chi connectivity index (χ1) is 12.9. The van der Waals surface area contributed by atoms with Crippen LogP contribution in [0.2, 0.25) is 5.02 Å². The molecule has 1 N–H and O–H groups in total. The quantitative estimate of drug-likeness (QED) is 0.413. The van der Waals surface area contributed by atoms with Gasteiger partial charge >= 0.3 is 11.6 Å². The summed E-state index contributed by atoms with van der Waals surface area (Å²) in [6.45, 7) is 1.90. The number of fused-ring (bicyclic) bond motifs is 1. The van der Waals surface area contributed by atoms with E-state index in [1.54, 1.807) is 43.3 Å². The van der Waals surface area contributed by atoms with Crippen molar-refractivity contribution in [2.75, 3.05) is 6.54 Å². The summed E-state index contributed by atoms with van der Waals surface area (Å²) >= 11 is 5.95. The van der Waals surface area contributed by atoms with Crippen molar-refractivity contribution in [2.24, 2.45) is 0 Å². The molecule has 0 aliphatic carbocycles. The third-order valence-electron chi connectivity index (χ3n) is 3.89. The van der Waals surface area contributed by atoms with E-state index in [9.17, 15) is 14.4 Å². The van der Waals surface area contributed by atoms with Crippen molar-refractivity contribution in [3.63, 3.8) is 0 Å². The molecule has 7 heteroatoms. The minimum absolute atomic E-state index is 0.0218. The minimum Gasteiger partial charge on any atom is -0.426 e. The number of benzene rings is 2. The van der Waals surface area contributed by atoms with Gasteiger partial charge in [-0.05, 0) is 36.8 Å². The highest BCUT2D eigenvalue weighted by Crippen LogP contribution is 2.22. The second-order valence-electron chi connectivity index (χ2n) is 5.87. The van der Waals surface area contributed by atoms with Gasteiger partial charge in [-0.25, -0.2) is 4.79 Å². The molecule has 2 aromatic carbocycles. The van der Waals surface area contributed by atoms with Crippen molar-refractivity contribution >= 4 is 34.4 Å². The molecule has 0 atom stereocenters. The molecular formula is C20H16ClNO5. The number of hydrogen-bond acceptors (Lipinski definition) is 5. The topological polar surface area (TPSA) is 85.6 Å². The fraction of sp³-hybridized carbons (Fsp3) is 0.150. The number of carbonyl (C=O) groups is 2. The second kappa shape index (κ2) is 8.05. The van der Waals surface area contributed by atoms with Crippen LogP contribution in [0.25, 0.3) is 11.0 Å². The maximum absolute atomic E-state index is 12.0. The Morgan fingerprint density at radius 2 is 1.93 bits per heavy atom. The van der Waals surface area contributed by atoms with Crippen LogP contribution in [-0.2, 0) is 4.79 Å². The van der Waals surface area contributed by atoms with Crippen LogP contribution < -0.4 is 15.7 Å². The average molecular weight is 386 g/mol. The van der Waals surface area contributed by atoms with E-state index in [1.807, 2.05) is 0 Å². The fourth-order valence-electron chi connectivity index (χ4n) is 2.57. The Balaban J connectivity index is 1.58. The number of nitrogens with one attached hydrogen (secondary N) is 1. The zero-order valence-electron chi connectivity index (χ0n) is 14.5. The third-order valence-corrected chi connectivity index (χ3v) is 4.22. The number of hydrogen-bond donors (Lipinski definition) is 1. The highest BCUT2D eigenvalue weighted by molar-refractivity contribution is 6.33. The van der Waals surface area contributed by atoms with E-state index in [4.69, 9.17) is 20.8 Å². The molecule has 0 fully saturated rings. The molecule has 0 unspecified atom stereocenters. The number of amides is 1. The van der Waals surface area contributed by atoms with Crippen molar-refractivity contribution in [1.82, 2.24) is 5.32 Å². The Hall–Kier alpha value is -3.12. The number of ether oxygens (including phenoxy) is 1. The lowest BCUT2D eigenvalue weighted by Crippen LogP contribution is -2.27. The summed E-state index contributed by atoms with van der Waals surface area (Å²) in [6.07, 6.45) is -0.0218. The number of carbonyl (C=O) groups excluding carboxylic acids is 2. The van der Waals surface area contributed by atoms with Gasteiger partial charge in [0.1, 0.15) is 11.3 Å². The van der Waals surface area contributed by atoms with Crippen molar-refractivity contribution < 1.29 is 18.7 Å². The van der Waals surface area contributed by atoms with Gasteiger partial charge in [0.05, 0.1) is 17.0 Å². The summed E-state index contributed by atoms with van der Waals surface area (Å²) in [5.41, 5.74) is 0.997. The molecule has 1 amide bonds. The predicted molar refractivity (Wildman–Crippen MR) is 101 cm³/mol. The van der Waals surface area contributed by atoms with E-state index in [0.717, 1.165) is 10.9 Å². The molecule has 0 saturated heterocycles. The molecule has 1 heterocycles. The lowest BCUT2D eigenvalue weighted by Gasteiger charge is -2.08. The number of halogens is 1. The predicted octanol–water partition coefficient (Wildman–Crippen LogP) is 3.48. The van der Waals surface area contributed by atoms with Gasteiger partial charge < -0.3 is 14.5 Å². The Morgan fingerprint density at radius 3 is 2.70 bits per heavy atom. The van der Waals surface area contributed by atoms with Gasteiger partial charge in [-0.3, -0.25) is 9.59 Å². The fourth-order valence-corrected chi connectivity index (χ4v) is 2.79. The third kappa shape index (κ3) is 4.54. The smallest absolute Gasteiger partial charge is 0.336 e. The van der Waals surface area contributed by atoms with Crippen LogP contribution in [0.1, 0.15) is 22.3 Å². The van der Waals surface area contributed by atoms with Crippen molar-refractivity contribution in [1.29, 1.82) is 0 Å². The summed E-state index contributed by atoms with van der Waals surface area (Å²) in [4.78, 5) is 35.5. The second-order valence-corrected chi connectivity index (χ2v) is 6.27. The summed E-state index contributed by atoms with van der Waals surface area (Å²) in [5.74, 6) is -0.626. The van der Waals surface area contributed by atoms with Crippen LogP contribution in [-0.4, -0.2) is 18.4 Å². The van der Waals surface area contributed by atoms with Crippen LogP contribution in [0.15, 0.2) is 57.7 Å². The summed E-state index contributed by atoms with van der Waals surface area (Å²) in [5, 5.41) is 3.72. The van der Waals surface area contributed by atoms with Crippen LogP contribution in [0, 0.1) is 6.92 Å². The Labute approximate surface area is 159 Å². The standard InChI is InChI=1S/C20H16ClNO5/c1-12-10-19(24)27-17-11-13(6-7-14(12)17)26-18(23)8-9-22-20(25)15-4-2-3-5-16(15)21/h2-7,10-11H,8-9H2,1H3,(H,22,25). The molecule has 0 spiro atoms. The molecule has 138 valence electrons. The number of aryl methyl sites for hydroxylation is 1. The van der Waals surface area contributed by atoms with Gasteiger partial charge in [0.15, 0.2) is 0 Å². The molecule has 0 saturated carbocycles. The Kier molecular flexibility index (Phi) is 5.57. The molecule has 3 rings (SSSR count). The van der Waals surface area contributed by atoms with Gasteiger partial charge in [-0.1, -0.05) is 23.7 Å². The Morgan fingerprint density at radius 1 is 1.15 bits per heavy atom. The first kappa shape index (κ1) is 18.7. The van der Waals surface area contributed by atoms with Crippen molar-refractivity contribution in [3.8, 4) is 5.75 Å². The van der Waals surface area contributed by atoms with Crippen LogP contribution in [0.3, 0.4) is 0 Å². The number of esters is 1. The Bertz CT molecular complexity index is 1070. The van der Waals surface area contributed by atoms with E-state index in [0.29, 0.717) is 16.2 Å². The average Bonchev–Trinajstić information content (AvgIpc) is 2.61. The van der Waals surface area contributed by atoms with Gasteiger partial charge in [0, 0.05) is 24.1 Å². The summed E-state index contributed by atoms with van der Waals surface area (Å²) in [7, 11) is 0. The van der Waals surface area contributed by atoms with Gasteiger partial charge in [-0.2, -0.15) is 0 Å². The molecule has 6 nitrogen and oxygen atoms in total. The SMILES string of the molecule is Cc1cc(=O)oc2cc(OC(=O)CCNC(=O)c3ccccc3Cl)ccc12. The van der Waals surface area contributed by atoms with E-state index >= 15 is 0 Å². The van der Waals surface area contributed by atoms with Crippen LogP contribution in [0.5, 0.6) is 5.75 Å². The van der Waals surface area contributed by atoms with E-state index in [1.165, 1.54) is 12.1 Å². The highest BCUT2D eigenvalue weighted by Gasteiger charge is 2.11. The van der Waals surface area contributed by atoms with E-state index in [-0.39, 0.29) is 24.6 Å². The molecule has 0 aliphatic heterocycles. The zero-order valence-corrected chi connectivity index (χ0v) is 15.2. The van der Waals surface area contributed by atoms with Gasteiger partial charge in [-0.15, -0.1) is 0 Å². The molecule has 0 bridgehead atoms. The molecule has 27 heavy (non-hydrogen) atoms. The highest BCUT2D eigenvalue weighted by atomic mass is 35.5. The molecule has 0 aliphatic rings. The van der Waals surface area contributed by atoms with Crippen molar-refractivity contribution in [3.05, 3.63) is 75.1 Å². The molecule has 1 aromatic heterocycles. The van der Waals surface area contributed by atoms with Crippen molar-refractivity contribution in [2.45, 2.75) is 13.3 Å². The molecule has 3 aromatic rings. The first-order valence-corrected chi connectivity index (χ1v) is 8.60. The maximum Gasteiger partial charge on any atom is 0.336 e. The molecular weight excluding hydrogens is 370 g/mol. The van der Waals surface area contributed by atoms with Gasteiger partial charge in [0.25, 0.3) is 5.91 Å². The lowest BCUT2D eigenvalue weighted by atomic mass is 10.1. The molecule has 0 radical (unpaired) electrons. The zero-order chi connectivity index (χ0) is 19.4. The minimum atomic E-state index is -0.524. The van der Waals surface area contributed by atoms with Crippen LogP contribution in [0.4, 0.5) is 0 Å². The lowest BCUT2D eigenvalue weighted by molar-refractivity contribution is -0.134. The van der Waals surface area contributed by atoms with Crippen LogP contribution >= 0.6 is 11.6 Å².